The Morgan fingerprint density at radius 2 is 2.17 bits per heavy atom. The quantitative estimate of drug-likeness (QED) is 0.800. The van der Waals surface area contributed by atoms with E-state index in [2.05, 4.69) is 0 Å². The lowest BCUT2D eigenvalue weighted by atomic mass is 9.95. The molecule has 1 amide bonds. The normalized spacial score (nSPS) is 17.2. The summed E-state index contributed by atoms with van der Waals surface area (Å²) in [5, 5.41) is 0.572. The van der Waals surface area contributed by atoms with Crippen molar-refractivity contribution in [2.24, 2.45) is 5.92 Å². The fourth-order valence-corrected chi connectivity index (χ4v) is 2.28. The van der Waals surface area contributed by atoms with E-state index in [1.54, 1.807) is 25.1 Å². The third kappa shape index (κ3) is 2.84. The molecule has 2 N–H and O–H groups in total. The number of halogens is 1. The summed E-state index contributed by atoms with van der Waals surface area (Å²) in [6.45, 7) is 0.371. The highest BCUT2D eigenvalue weighted by Gasteiger charge is 2.28. The first-order valence-electron chi connectivity index (χ1n) is 5.41. The Morgan fingerprint density at radius 1 is 1.50 bits per heavy atom. The molecule has 2 rings (SSSR count). The number of amides is 1. The molecule has 100 valence electrons. The molecular formula is C12H17ClN2O2S. The van der Waals surface area contributed by atoms with Crippen molar-refractivity contribution in [2.75, 3.05) is 26.4 Å². The zero-order chi connectivity index (χ0) is 12.6. The molecule has 1 aliphatic rings. The molecule has 0 radical (unpaired) electrons. The molecule has 4 nitrogen and oxygen atoms in total. The Kier molecular flexibility index (Phi) is 4.76. The van der Waals surface area contributed by atoms with Crippen LogP contribution in [0.25, 0.3) is 0 Å². The van der Waals surface area contributed by atoms with Crippen LogP contribution in [0.2, 0.25) is 5.02 Å². The number of carbonyl (C=O) groups is 1. The van der Waals surface area contributed by atoms with Crippen LogP contribution >= 0.6 is 25.1 Å². The summed E-state index contributed by atoms with van der Waals surface area (Å²) in [5.74, 6) is 0.571. The Bertz CT molecular complexity index is 466. The number of fused-ring (bicyclic) bond motifs is 1. The number of nitrogens with two attached hydrogens (primary N) is 1. The van der Waals surface area contributed by atoms with Crippen LogP contribution in [-0.2, 0) is 11.2 Å². The maximum atomic E-state index is 11.9. The number of hydrogen-bond donors (Lipinski definition) is 1. The van der Waals surface area contributed by atoms with E-state index in [1.165, 1.54) is 0 Å². The zero-order valence-electron chi connectivity index (χ0n) is 10.4. The highest BCUT2D eigenvalue weighted by molar-refractivity contribution is 7.59. The van der Waals surface area contributed by atoms with Crippen LogP contribution < -0.4 is 10.5 Å². The fraction of sp³-hybridized carbons (Fsp3) is 0.417. The van der Waals surface area contributed by atoms with Crippen LogP contribution in [0.3, 0.4) is 0 Å². The summed E-state index contributed by atoms with van der Waals surface area (Å²) >= 11 is 5.94. The van der Waals surface area contributed by atoms with E-state index in [-0.39, 0.29) is 25.3 Å². The van der Waals surface area contributed by atoms with E-state index in [0.717, 1.165) is 5.56 Å². The molecular weight excluding hydrogens is 272 g/mol. The standard InChI is InChI=1S/C12H15ClN2O2.H2S/c1-15(2)12(16)8-3-7-4-9(13)5-10(14)11(7)17-6-8;/h4-5,8H,3,6,14H2,1-2H3;1H2. The number of anilines is 1. The molecule has 1 unspecified atom stereocenters. The summed E-state index contributed by atoms with van der Waals surface area (Å²) in [6.07, 6.45) is 0.622. The minimum atomic E-state index is -0.157. The lowest BCUT2D eigenvalue weighted by Crippen LogP contribution is -2.36. The second-order valence-corrected chi connectivity index (χ2v) is 4.86. The van der Waals surface area contributed by atoms with Gasteiger partial charge in [-0.05, 0) is 24.1 Å². The summed E-state index contributed by atoms with van der Waals surface area (Å²) in [4.78, 5) is 13.4. The minimum Gasteiger partial charge on any atom is -0.490 e. The van der Waals surface area contributed by atoms with E-state index < -0.39 is 0 Å². The van der Waals surface area contributed by atoms with Gasteiger partial charge in [0.1, 0.15) is 12.4 Å². The number of ether oxygens (including phenoxy) is 1. The number of rotatable bonds is 1. The number of nitrogens with zero attached hydrogens (tertiary/aromatic N) is 1. The van der Waals surface area contributed by atoms with Crippen LogP contribution in [0.4, 0.5) is 5.69 Å². The highest BCUT2D eigenvalue weighted by atomic mass is 35.5. The van der Waals surface area contributed by atoms with Gasteiger partial charge >= 0.3 is 0 Å². The van der Waals surface area contributed by atoms with Gasteiger partial charge in [-0.1, -0.05) is 11.6 Å². The average Bonchev–Trinajstić information content (AvgIpc) is 2.26. The summed E-state index contributed by atoms with van der Waals surface area (Å²) in [6, 6.07) is 3.47. The molecule has 1 atom stereocenters. The first-order chi connectivity index (χ1) is 7.99. The van der Waals surface area contributed by atoms with Crippen LogP contribution in [-0.4, -0.2) is 31.5 Å². The predicted octanol–water partition coefficient (Wildman–Crippen LogP) is 1.67. The molecule has 0 saturated carbocycles. The predicted molar refractivity (Wildman–Crippen MR) is 77.6 cm³/mol. The van der Waals surface area contributed by atoms with E-state index in [4.69, 9.17) is 22.1 Å². The zero-order valence-corrected chi connectivity index (χ0v) is 12.1. The van der Waals surface area contributed by atoms with Gasteiger partial charge in [0, 0.05) is 19.1 Å². The van der Waals surface area contributed by atoms with Crippen molar-refractivity contribution in [2.45, 2.75) is 6.42 Å². The van der Waals surface area contributed by atoms with Crippen LogP contribution in [0.15, 0.2) is 12.1 Å². The van der Waals surface area contributed by atoms with Gasteiger partial charge in [-0.3, -0.25) is 4.79 Å². The molecule has 18 heavy (non-hydrogen) atoms. The van der Waals surface area contributed by atoms with Gasteiger partial charge < -0.3 is 15.4 Å². The van der Waals surface area contributed by atoms with Crippen LogP contribution in [0.1, 0.15) is 5.56 Å². The van der Waals surface area contributed by atoms with Crippen molar-refractivity contribution in [3.8, 4) is 5.75 Å². The van der Waals surface area contributed by atoms with Crippen molar-refractivity contribution < 1.29 is 9.53 Å². The molecule has 1 aromatic carbocycles. The molecule has 1 aromatic rings. The lowest BCUT2D eigenvalue weighted by molar-refractivity contribution is -0.134. The smallest absolute Gasteiger partial charge is 0.228 e. The summed E-state index contributed by atoms with van der Waals surface area (Å²) in [5.41, 5.74) is 7.25. The molecule has 6 heteroatoms. The molecule has 0 saturated heterocycles. The van der Waals surface area contributed by atoms with E-state index in [1.807, 2.05) is 6.07 Å². The Labute approximate surface area is 118 Å². The van der Waals surface area contributed by atoms with Crippen molar-refractivity contribution in [3.63, 3.8) is 0 Å². The van der Waals surface area contributed by atoms with Crippen LogP contribution in [0, 0.1) is 5.92 Å². The first kappa shape index (κ1) is 15.0. The molecule has 0 bridgehead atoms. The monoisotopic (exact) mass is 288 g/mol. The van der Waals surface area contributed by atoms with Gasteiger partial charge in [-0.15, -0.1) is 0 Å². The van der Waals surface area contributed by atoms with Gasteiger partial charge in [-0.2, -0.15) is 13.5 Å². The topological polar surface area (TPSA) is 55.6 Å². The number of benzene rings is 1. The minimum absolute atomic E-state index is 0. The summed E-state index contributed by atoms with van der Waals surface area (Å²) < 4.78 is 5.56. The molecule has 0 aliphatic carbocycles. The highest BCUT2D eigenvalue weighted by Crippen LogP contribution is 2.35. The summed E-state index contributed by atoms with van der Waals surface area (Å²) in [7, 11) is 3.48. The largest absolute Gasteiger partial charge is 0.490 e. The van der Waals surface area contributed by atoms with E-state index >= 15 is 0 Å². The van der Waals surface area contributed by atoms with Gasteiger partial charge in [0.2, 0.25) is 5.91 Å². The molecule has 1 aliphatic heterocycles. The SMILES string of the molecule is CN(C)C(=O)C1COc2c(N)cc(Cl)cc2C1.S. The first-order valence-corrected chi connectivity index (χ1v) is 5.78. The van der Waals surface area contributed by atoms with Gasteiger partial charge in [-0.25, -0.2) is 0 Å². The van der Waals surface area contributed by atoms with Crippen LogP contribution in [0.5, 0.6) is 5.75 Å². The van der Waals surface area contributed by atoms with Crippen molar-refractivity contribution >= 4 is 36.7 Å². The van der Waals surface area contributed by atoms with Crippen molar-refractivity contribution in [1.82, 2.24) is 4.90 Å². The van der Waals surface area contributed by atoms with Gasteiger partial charge in [0.05, 0.1) is 11.6 Å². The number of carbonyl (C=O) groups excluding carboxylic acids is 1. The van der Waals surface area contributed by atoms with Crippen molar-refractivity contribution in [1.29, 1.82) is 0 Å². The van der Waals surface area contributed by atoms with E-state index in [9.17, 15) is 4.79 Å². The fourth-order valence-electron chi connectivity index (χ4n) is 2.03. The second-order valence-electron chi connectivity index (χ2n) is 4.43. The van der Waals surface area contributed by atoms with Crippen molar-refractivity contribution in [3.05, 3.63) is 22.7 Å². The molecule has 0 aromatic heterocycles. The van der Waals surface area contributed by atoms with Gasteiger partial charge in [0.25, 0.3) is 0 Å². The van der Waals surface area contributed by atoms with E-state index in [0.29, 0.717) is 29.5 Å². The lowest BCUT2D eigenvalue weighted by Gasteiger charge is -2.27. The Morgan fingerprint density at radius 3 is 2.78 bits per heavy atom. The Balaban J connectivity index is 0.00000162. The van der Waals surface area contributed by atoms with Gasteiger partial charge in [0.15, 0.2) is 0 Å². The Hall–Kier alpha value is -1.07. The second kappa shape index (κ2) is 5.71. The third-order valence-corrected chi connectivity index (χ3v) is 3.06. The maximum absolute atomic E-state index is 11.9. The maximum Gasteiger partial charge on any atom is 0.228 e. The third-order valence-electron chi connectivity index (χ3n) is 2.84. The average molecular weight is 289 g/mol. The molecule has 1 heterocycles. The number of hydrogen-bond acceptors (Lipinski definition) is 3. The molecule has 0 spiro atoms. The number of nitrogen functional groups attached to an aromatic ring is 1. The molecule has 0 fully saturated rings.